The number of fused-ring (bicyclic) bond motifs is 1. The van der Waals surface area contributed by atoms with Gasteiger partial charge in [0, 0.05) is 36.9 Å². The normalized spacial score (nSPS) is 14.7. The van der Waals surface area contributed by atoms with E-state index in [0.29, 0.717) is 11.4 Å². The van der Waals surface area contributed by atoms with Crippen LogP contribution in [0.4, 0.5) is 0 Å². The van der Waals surface area contributed by atoms with E-state index in [1.807, 2.05) is 39.9 Å². The summed E-state index contributed by atoms with van der Waals surface area (Å²) in [6.07, 6.45) is 8.74. The third-order valence-corrected chi connectivity index (χ3v) is 4.62. The zero-order valence-corrected chi connectivity index (χ0v) is 14.2. The van der Waals surface area contributed by atoms with E-state index < -0.39 is 0 Å². The Balaban J connectivity index is 1.65. The van der Waals surface area contributed by atoms with E-state index in [2.05, 4.69) is 9.97 Å². The molecule has 0 aliphatic carbocycles. The highest BCUT2D eigenvalue weighted by molar-refractivity contribution is 5.97. The van der Waals surface area contributed by atoms with Crippen molar-refractivity contribution in [2.45, 2.75) is 19.3 Å². The molecule has 6 heteroatoms. The molecular formula is C19H20N4O2. The van der Waals surface area contributed by atoms with Crippen molar-refractivity contribution in [3.05, 3.63) is 48.4 Å². The van der Waals surface area contributed by atoms with Gasteiger partial charge in [-0.1, -0.05) is 0 Å². The summed E-state index contributed by atoms with van der Waals surface area (Å²) in [4.78, 5) is 23.3. The third-order valence-electron chi connectivity index (χ3n) is 4.62. The number of methoxy groups -OCH3 is 1. The summed E-state index contributed by atoms with van der Waals surface area (Å²) in [7, 11) is 1.59. The number of likely N-dealkylation sites (tertiary alicyclic amines) is 1. The number of carbonyl (C=O) groups is 1. The van der Waals surface area contributed by atoms with Crippen LogP contribution < -0.4 is 4.74 Å². The van der Waals surface area contributed by atoms with Gasteiger partial charge in [0.05, 0.1) is 24.6 Å². The van der Waals surface area contributed by atoms with Crippen molar-refractivity contribution in [1.29, 1.82) is 0 Å². The molecule has 0 atom stereocenters. The Kier molecular flexibility index (Phi) is 4.09. The maximum Gasteiger partial charge on any atom is 0.255 e. The fourth-order valence-corrected chi connectivity index (χ4v) is 3.26. The Bertz CT molecular complexity index is 895. The van der Waals surface area contributed by atoms with Gasteiger partial charge in [0.25, 0.3) is 5.91 Å². The van der Waals surface area contributed by atoms with Crippen LogP contribution in [0.1, 0.15) is 29.6 Å². The summed E-state index contributed by atoms with van der Waals surface area (Å²) < 4.78 is 7.05. The fraction of sp³-hybridized carbons (Fsp3) is 0.316. The van der Waals surface area contributed by atoms with Crippen LogP contribution in [0.3, 0.4) is 0 Å². The first kappa shape index (κ1) is 15.6. The fourth-order valence-electron chi connectivity index (χ4n) is 3.26. The van der Waals surface area contributed by atoms with Crippen LogP contribution in [0.25, 0.3) is 16.7 Å². The number of piperidine rings is 1. The molecule has 4 rings (SSSR count). The van der Waals surface area contributed by atoms with E-state index >= 15 is 0 Å². The molecule has 6 nitrogen and oxygen atoms in total. The van der Waals surface area contributed by atoms with Gasteiger partial charge in [-0.25, -0.2) is 9.97 Å². The number of hydrogen-bond acceptors (Lipinski definition) is 4. The quantitative estimate of drug-likeness (QED) is 0.737. The highest BCUT2D eigenvalue weighted by atomic mass is 16.5. The standard InChI is InChI=1S/C19H20N4O2/c1-25-17-6-5-16(13-20-17)23-10-7-14-11-15(12-21-18(14)23)19(24)22-8-3-2-4-9-22/h5-7,10-13H,2-4,8-9H2,1H3. The Hall–Kier alpha value is -2.89. The predicted molar refractivity (Wildman–Crippen MR) is 95.2 cm³/mol. The Morgan fingerprint density at radius 1 is 1.08 bits per heavy atom. The smallest absolute Gasteiger partial charge is 0.255 e. The first-order valence-electron chi connectivity index (χ1n) is 8.53. The molecule has 4 heterocycles. The topological polar surface area (TPSA) is 60.2 Å². The van der Waals surface area contributed by atoms with Gasteiger partial charge >= 0.3 is 0 Å². The molecule has 1 fully saturated rings. The number of rotatable bonds is 3. The lowest BCUT2D eigenvalue weighted by Crippen LogP contribution is -2.35. The van der Waals surface area contributed by atoms with Crippen LogP contribution in [-0.2, 0) is 0 Å². The molecular weight excluding hydrogens is 316 g/mol. The highest BCUT2D eigenvalue weighted by Crippen LogP contribution is 2.21. The number of pyridine rings is 2. The summed E-state index contributed by atoms with van der Waals surface area (Å²) in [6, 6.07) is 7.64. The van der Waals surface area contributed by atoms with E-state index in [9.17, 15) is 4.79 Å². The van der Waals surface area contributed by atoms with Crippen LogP contribution >= 0.6 is 0 Å². The molecule has 1 amide bonds. The second kappa shape index (κ2) is 6.55. The molecule has 0 bridgehead atoms. The van der Waals surface area contributed by atoms with E-state index in [-0.39, 0.29) is 5.91 Å². The molecule has 1 saturated heterocycles. The van der Waals surface area contributed by atoms with Crippen LogP contribution in [0.2, 0.25) is 0 Å². The molecule has 0 saturated carbocycles. The third kappa shape index (κ3) is 2.95. The molecule has 0 radical (unpaired) electrons. The molecule has 1 aliphatic rings. The van der Waals surface area contributed by atoms with Gasteiger partial charge in [0.2, 0.25) is 5.88 Å². The van der Waals surface area contributed by atoms with E-state index in [0.717, 1.165) is 42.7 Å². The van der Waals surface area contributed by atoms with Crippen LogP contribution in [0, 0.1) is 0 Å². The van der Waals surface area contributed by atoms with Gasteiger partial charge in [-0.3, -0.25) is 9.36 Å². The van der Waals surface area contributed by atoms with Crippen molar-refractivity contribution < 1.29 is 9.53 Å². The molecule has 3 aromatic heterocycles. The zero-order valence-electron chi connectivity index (χ0n) is 14.2. The number of carbonyl (C=O) groups excluding carboxylic acids is 1. The first-order valence-corrected chi connectivity index (χ1v) is 8.53. The number of amides is 1. The van der Waals surface area contributed by atoms with Crippen molar-refractivity contribution in [3.63, 3.8) is 0 Å². The molecule has 0 aromatic carbocycles. The second-order valence-electron chi connectivity index (χ2n) is 6.23. The van der Waals surface area contributed by atoms with Crippen LogP contribution in [-0.4, -0.2) is 45.5 Å². The van der Waals surface area contributed by atoms with Gasteiger partial charge < -0.3 is 9.64 Å². The maximum absolute atomic E-state index is 12.6. The molecule has 0 N–H and O–H groups in total. The summed E-state index contributed by atoms with van der Waals surface area (Å²) in [6.45, 7) is 1.69. The average Bonchev–Trinajstić information content (AvgIpc) is 3.11. The maximum atomic E-state index is 12.6. The monoisotopic (exact) mass is 336 g/mol. The Morgan fingerprint density at radius 2 is 1.92 bits per heavy atom. The molecule has 0 unspecified atom stereocenters. The number of aromatic nitrogens is 3. The molecule has 25 heavy (non-hydrogen) atoms. The second-order valence-corrected chi connectivity index (χ2v) is 6.23. The van der Waals surface area contributed by atoms with Gasteiger partial charge in [0.15, 0.2) is 0 Å². The van der Waals surface area contributed by atoms with Crippen molar-refractivity contribution in [2.75, 3.05) is 20.2 Å². The van der Waals surface area contributed by atoms with E-state index in [1.54, 1.807) is 19.5 Å². The minimum Gasteiger partial charge on any atom is -0.481 e. The van der Waals surface area contributed by atoms with Crippen molar-refractivity contribution >= 4 is 16.9 Å². The van der Waals surface area contributed by atoms with E-state index in [1.165, 1.54) is 6.42 Å². The van der Waals surface area contributed by atoms with Gasteiger partial charge in [-0.15, -0.1) is 0 Å². The Labute approximate surface area is 146 Å². The summed E-state index contributed by atoms with van der Waals surface area (Å²) in [5, 5.41) is 0.943. The average molecular weight is 336 g/mol. The minimum absolute atomic E-state index is 0.0768. The number of hydrogen-bond donors (Lipinski definition) is 0. The SMILES string of the molecule is COc1ccc(-n2ccc3cc(C(=O)N4CCCCC4)cnc32)cn1. The lowest BCUT2D eigenvalue weighted by Gasteiger charge is -2.26. The number of ether oxygens (including phenoxy) is 1. The largest absolute Gasteiger partial charge is 0.481 e. The highest BCUT2D eigenvalue weighted by Gasteiger charge is 2.19. The van der Waals surface area contributed by atoms with Gasteiger partial charge in [-0.05, 0) is 37.5 Å². The molecule has 3 aromatic rings. The predicted octanol–water partition coefficient (Wildman–Crippen LogP) is 3.06. The first-order chi connectivity index (χ1) is 12.3. The van der Waals surface area contributed by atoms with E-state index in [4.69, 9.17) is 4.74 Å². The van der Waals surface area contributed by atoms with Gasteiger partial charge in [-0.2, -0.15) is 0 Å². The lowest BCUT2D eigenvalue weighted by molar-refractivity contribution is 0.0724. The summed E-state index contributed by atoms with van der Waals surface area (Å²) in [5.41, 5.74) is 2.36. The zero-order chi connectivity index (χ0) is 17.2. The van der Waals surface area contributed by atoms with Gasteiger partial charge in [0.1, 0.15) is 5.65 Å². The molecule has 1 aliphatic heterocycles. The summed E-state index contributed by atoms with van der Waals surface area (Å²) >= 11 is 0. The lowest BCUT2D eigenvalue weighted by atomic mass is 10.1. The number of nitrogens with zero attached hydrogens (tertiary/aromatic N) is 4. The van der Waals surface area contributed by atoms with Crippen molar-refractivity contribution in [3.8, 4) is 11.6 Å². The molecule has 128 valence electrons. The molecule has 0 spiro atoms. The van der Waals surface area contributed by atoms with Crippen LogP contribution in [0.15, 0.2) is 42.9 Å². The summed E-state index contributed by atoms with van der Waals surface area (Å²) in [5.74, 6) is 0.649. The minimum atomic E-state index is 0.0768. The Morgan fingerprint density at radius 3 is 2.64 bits per heavy atom. The van der Waals surface area contributed by atoms with Crippen LogP contribution in [0.5, 0.6) is 5.88 Å². The van der Waals surface area contributed by atoms with Crippen molar-refractivity contribution in [1.82, 2.24) is 19.4 Å². The van der Waals surface area contributed by atoms with Crippen molar-refractivity contribution in [2.24, 2.45) is 0 Å².